The van der Waals surface area contributed by atoms with Crippen LogP contribution in [0.1, 0.15) is 15.9 Å². The van der Waals surface area contributed by atoms with Gasteiger partial charge >= 0.3 is 0 Å². The zero-order chi connectivity index (χ0) is 18.2. The molecule has 2 rings (SSSR count). The van der Waals surface area contributed by atoms with E-state index in [0.29, 0.717) is 12.1 Å². The first-order valence-corrected chi connectivity index (χ1v) is 8.49. The van der Waals surface area contributed by atoms with Gasteiger partial charge in [-0.25, -0.2) is 0 Å². The van der Waals surface area contributed by atoms with Crippen LogP contribution in [0.15, 0.2) is 48.5 Å². The molecule has 0 saturated carbocycles. The van der Waals surface area contributed by atoms with E-state index >= 15 is 0 Å². The lowest BCUT2D eigenvalue weighted by Gasteiger charge is -2.14. The Labute approximate surface area is 150 Å². The van der Waals surface area contributed by atoms with Crippen molar-refractivity contribution in [1.82, 2.24) is 10.2 Å². The summed E-state index contributed by atoms with van der Waals surface area (Å²) in [6, 6.07) is 15.8. The fraction of sp³-hybridized carbons (Fsp3) is 0.350. The summed E-state index contributed by atoms with van der Waals surface area (Å²) < 4.78 is 0. The number of hydrogen-bond donors (Lipinski definition) is 2. The van der Waals surface area contributed by atoms with Crippen LogP contribution >= 0.6 is 0 Å². The second-order valence-corrected chi connectivity index (χ2v) is 6.55. The van der Waals surface area contributed by atoms with Crippen LogP contribution in [0.4, 0.5) is 11.4 Å². The molecule has 5 nitrogen and oxygen atoms in total. The number of anilines is 2. The second-order valence-electron chi connectivity index (χ2n) is 6.55. The fourth-order valence-electron chi connectivity index (χ4n) is 2.37. The Morgan fingerprint density at radius 3 is 2.36 bits per heavy atom. The zero-order valence-electron chi connectivity index (χ0n) is 15.5. The minimum absolute atomic E-state index is 0.0584. The number of benzene rings is 2. The van der Waals surface area contributed by atoms with Gasteiger partial charge in [0, 0.05) is 50.7 Å². The van der Waals surface area contributed by atoms with E-state index in [9.17, 15) is 4.79 Å². The number of likely N-dealkylation sites (N-methyl/N-ethyl adjacent to an activating group) is 1. The molecule has 0 atom stereocenters. The molecule has 2 N–H and O–H groups in total. The Morgan fingerprint density at radius 2 is 1.72 bits per heavy atom. The van der Waals surface area contributed by atoms with Gasteiger partial charge in [-0.05, 0) is 50.0 Å². The molecule has 5 heteroatoms. The molecule has 0 aromatic heterocycles. The van der Waals surface area contributed by atoms with Crippen molar-refractivity contribution in [2.75, 3.05) is 51.5 Å². The van der Waals surface area contributed by atoms with Crippen LogP contribution < -0.4 is 15.5 Å². The first-order valence-electron chi connectivity index (χ1n) is 8.49. The maximum absolute atomic E-state index is 12.3. The van der Waals surface area contributed by atoms with Gasteiger partial charge in [0.1, 0.15) is 0 Å². The van der Waals surface area contributed by atoms with Gasteiger partial charge < -0.3 is 20.4 Å². The van der Waals surface area contributed by atoms with Gasteiger partial charge in [0.2, 0.25) is 0 Å². The van der Waals surface area contributed by atoms with Crippen molar-refractivity contribution in [1.29, 1.82) is 0 Å². The molecule has 0 heterocycles. The number of nitrogens with one attached hydrogen (secondary N) is 2. The van der Waals surface area contributed by atoms with Crippen LogP contribution in [0.25, 0.3) is 0 Å². The molecule has 0 aliphatic heterocycles. The Balaban J connectivity index is 1.86. The maximum atomic E-state index is 12.3. The van der Waals surface area contributed by atoms with Crippen molar-refractivity contribution < 1.29 is 4.79 Å². The number of carbonyl (C=O) groups is 1. The van der Waals surface area contributed by atoms with E-state index in [4.69, 9.17) is 0 Å². The molecular weight excluding hydrogens is 312 g/mol. The first kappa shape index (κ1) is 18.8. The van der Waals surface area contributed by atoms with Crippen molar-refractivity contribution in [2.24, 2.45) is 0 Å². The Bertz CT molecular complexity index is 680. The summed E-state index contributed by atoms with van der Waals surface area (Å²) >= 11 is 0. The van der Waals surface area contributed by atoms with Crippen LogP contribution in [0, 0.1) is 0 Å². The standard InChI is InChI=1S/C20H28N4O/c1-23(2)13-12-21-18-10-8-16(9-11-18)15-22-20(25)17-6-5-7-19(14-17)24(3)4/h5-11,14,21H,12-13,15H2,1-4H3,(H,22,25). The van der Waals surface area contributed by atoms with Crippen LogP contribution in [-0.4, -0.2) is 52.1 Å². The number of carbonyl (C=O) groups excluding carboxylic acids is 1. The molecule has 0 aliphatic rings. The molecule has 0 bridgehead atoms. The summed E-state index contributed by atoms with van der Waals surface area (Å²) in [5, 5.41) is 6.35. The molecule has 1 amide bonds. The SMILES string of the molecule is CN(C)CCNc1ccc(CNC(=O)c2cccc(N(C)C)c2)cc1. The van der Waals surface area contributed by atoms with Crippen LogP contribution in [0.2, 0.25) is 0 Å². The van der Waals surface area contributed by atoms with E-state index in [-0.39, 0.29) is 5.91 Å². The molecule has 0 aliphatic carbocycles. The van der Waals surface area contributed by atoms with Gasteiger partial charge in [-0.15, -0.1) is 0 Å². The summed E-state index contributed by atoms with van der Waals surface area (Å²) in [6.07, 6.45) is 0. The molecule has 134 valence electrons. The topological polar surface area (TPSA) is 47.6 Å². The summed E-state index contributed by atoms with van der Waals surface area (Å²) in [7, 11) is 8.04. The van der Waals surface area contributed by atoms with Gasteiger partial charge in [-0.1, -0.05) is 18.2 Å². The van der Waals surface area contributed by atoms with E-state index < -0.39 is 0 Å². The number of nitrogens with zero attached hydrogens (tertiary/aromatic N) is 2. The summed E-state index contributed by atoms with van der Waals surface area (Å²) in [4.78, 5) is 16.4. The van der Waals surface area contributed by atoms with E-state index in [1.54, 1.807) is 0 Å². The predicted molar refractivity (Wildman–Crippen MR) is 105 cm³/mol. The second kappa shape index (κ2) is 9.08. The van der Waals surface area contributed by atoms with E-state index in [2.05, 4.69) is 29.6 Å². The summed E-state index contributed by atoms with van der Waals surface area (Å²) in [5.74, 6) is -0.0584. The first-order chi connectivity index (χ1) is 12.0. The highest BCUT2D eigenvalue weighted by Gasteiger charge is 2.07. The minimum atomic E-state index is -0.0584. The van der Waals surface area contributed by atoms with Gasteiger partial charge in [0.25, 0.3) is 5.91 Å². The normalized spacial score (nSPS) is 10.6. The molecule has 2 aromatic carbocycles. The third-order valence-electron chi connectivity index (χ3n) is 3.92. The molecule has 0 saturated heterocycles. The Kier molecular flexibility index (Phi) is 6.83. The van der Waals surface area contributed by atoms with Gasteiger partial charge in [-0.2, -0.15) is 0 Å². The van der Waals surface area contributed by atoms with E-state index in [1.807, 2.05) is 67.5 Å². The van der Waals surface area contributed by atoms with Crippen molar-refractivity contribution in [3.8, 4) is 0 Å². The van der Waals surface area contributed by atoms with Crippen LogP contribution in [0.3, 0.4) is 0 Å². The zero-order valence-corrected chi connectivity index (χ0v) is 15.5. The lowest BCUT2D eigenvalue weighted by atomic mass is 10.1. The monoisotopic (exact) mass is 340 g/mol. The summed E-state index contributed by atoms with van der Waals surface area (Å²) in [5.41, 5.74) is 3.86. The highest BCUT2D eigenvalue weighted by molar-refractivity contribution is 5.95. The smallest absolute Gasteiger partial charge is 0.251 e. The molecule has 0 fully saturated rings. The minimum Gasteiger partial charge on any atom is -0.384 e. The maximum Gasteiger partial charge on any atom is 0.251 e. The van der Waals surface area contributed by atoms with Crippen molar-refractivity contribution in [3.63, 3.8) is 0 Å². The average Bonchev–Trinajstić information content (AvgIpc) is 2.60. The quantitative estimate of drug-likeness (QED) is 0.776. The van der Waals surface area contributed by atoms with Crippen molar-refractivity contribution in [3.05, 3.63) is 59.7 Å². The Morgan fingerprint density at radius 1 is 1.00 bits per heavy atom. The van der Waals surface area contributed by atoms with Crippen LogP contribution in [-0.2, 0) is 6.54 Å². The fourth-order valence-corrected chi connectivity index (χ4v) is 2.37. The number of amides is 1. The molecule has 0 spiro atoms. The van der Waals surface area contributed by atoms with Crippen LogP contribution in [0.5, 0.6) is 0 Å². The van der Waals surface area contributed by atoms with E-state index in [1.165, 1.54) is 0 Å². The molecule has 0 radical (unpaired) electrons. The molecular formula is C20H28N4O. The Hall–Kier alpha value is -2.53. The predicted octanol–water partition coefficient (Wildman–Crippen LogP) is 2.66. The third-order valence-corrected chi connectivity index (χ3v) is 3.92. The highest BCUT2D eigenvalue weighted by Crippen LogP contribution is 2.14. The number of rotatable bonds is 8. The van der Waals surface area contributed by atoms with E-state index in [0.717, 1.165) is 30.0 Å². The third kappa shape index (κ3) is 6.12. The largest absolute Gasteiger partial charge is 0.384 e. The lowest BCUT2D eigenvalue weighted by molar-refractivity contribution is 0.0951. The van der Waals surface area contributed by atoms with Gasteiger partial charge in [0.05, 0.1) is 0 Å². The van der Waals surface area contributed by atoms with Gasteiger partial charge in [0.15, 0.2) is 0 Å². The summed E-state index contributed by atoms with van der Waals surface area (Å²) in [6.45, 7) is 2.41. The van der Waals surface area contributed by atoms with Crippen molar-refractivity contribution >= 4 is 17.3 Å². The molecule has 2 aromatic rings. The van der Waals surface area contributed by atoms with Gasteiger partial charge in [-0.3, -0.25) is 4.79 Å². The average molecular weight is 340 g/mol. The highest BCUT2D eigenvalue weighted by atomic mass is 16.1. The van der Waals surface area contributed by atoms with Crippen molar-refractivity contribution in [2.45, 2.75) is 6.54 Å². The molecule has 25 heavy (non-hydrogen) atoms. The number of hydrogen-bond acceptors (Lipinski definition) is 4. The molecule has 0 unspecified atom stereocenters. The lowest BCUT2D eigenvalue weighted by Crippen LogP contribution is -2.23.